The van der Waals surface area contributed by atoms with Crippen molar-refractivity contribution in [2.24, 2.45) is 5.41 Å². The normalized spacial score (nSPS) is 34.1. The van der Waals surface area contributed by atoms with E-state index in [1.165, 1.54) is 0 Å². The second kappa shape index (κ2) is 6.41. The first-order chi connectivity index (χ1) is 8.41. The Bertz CT molecular complexity index is 419. The fourth-order valence-electron chi connectivity index (χ4n) is 2.75. The molecule has 2 aliphatic rings. The molecular formula is C12H23ClN2O3S. The van der Waals surface area contributed by atoms with Crippen molar-refractivity contribution in [3.63, 3.8) is 0 Å². The summed E-state index contributed by atoms with van der Waals surface area (Å²) in [6.07, 6.45) is 3.29. The van der Waals surface area contributed by atoms with Crippen molar-refractivity contribution in [2.45, 2.75) is 38.6 Å². The number of carbonyl (C=O) groups is 1. The molecule has 7 heteroatoms. The minimum absolute atomic E-state index is 0. The molecule has 5 nitrogen and oxygen atoms in total. The number of hydrogen-bond donors (Lipinski definition) is 2. The van der Waals surface area contributed by atoms with Gasteiger partial charge in [-0.15, -0.1) is 12.4 Å². The van der Waals surface area contributed by atoms with E-state index in [1.807, 2.05) is 6.92 Å². The maximum atomic E-state index is 12.3. The summed E-state index contributed by atoms with van der Waals surface area (Å²) in [7, 11) is -2.96. The average Bonchev–Trinajstić information content (AvgIpc) is 2.28. The predicted octanol–water partition coefficient (Wildman–Crippen LogP) is 0.491. The Morgan fingerprint density at radius 1 is 1.37 bits per heavy atom. The van der Waals surface area contributed by atoms with Gasteiger partial charge in [-0.2, -0.15) is 0 Å². The predicted molar refractivity (Wildman–Crippen MR) is 77.3 cm³/mol. The van der Waals surface area contributed by atoms with Crippen LogP contribution in [0, 0.1) is 5.41 Å². The zero-order valence-electron chi connectivity index (χ0n) is 11.3. The van der Waals surface area contributed by atoms with Crippen molar-refractivity contribution >= 4 is 28.2 Å². The van der Waals surface area contributed by atoms with Crippen LogP contribution in [-0.4, -0.2) is 45.0 Å². The van der Waals surface area contributed by atoms with Gasteiger partial charge in [0.25, 0.3) is 0 Å². The number of rotatable bonds is 2. The van der Waals surface area contributed by atoms with Gasteiger partial charge < -0.3 is 10.6 Å². The van der Waals surface area contributed by atoms with Gasteiger partial charge in [0.2, 0.25) is 5.91 Å². The Hall–Kier alpha value is -0.330. The molecule has 2 N–H and O–H groups in total. The lowest BCUT2D eigenvalue weighted by Gasteiger charge is -2.35. The number of nitrogens with one attached hydrogen (secondary N) is 2. The van der Waals surface area contributed by atoms with Gasteiger partial charge in [0.1, 0.15) is 0 Å². The maximum absolute atomic E-state index is 12.3. The molecule has 2 unspecified atom stereocenters. The van der Waals surface area contributed by atoms with Crippen molar-refractivity contribution in [3.8, 4) is 0 Å². The summed E-state index contributed by atoms with van der Waals surface area (Å²) in [6, 6.07) is -0.199. The summed E-state index contributed by atoms with van der Waals surface area (Å²) in [5, 5.41) is 6.16. The van der Waals surface area contributed by atoms with Gasteiger partial charge in [0, 0.05) is 12.6 Å². The minimum atomic E-state index is -2.96. The van der Waals surface area contributed by atoms with Crippen LogP contribution in [0.2, 0.25) is 0 Å². The van der Waals surface area contributed by atoms with E-state index in [9.17, 15) is 13.2 Å². The molecule has 0 aromatic carbocycles. The topological polar surface area (TPSA) is 75.3 Å². The van der Waals surface area contributed by atoms with E-state index in [4.69, 9.17) is 0 Å². The van der Waals surface area contributed by atoms with Crippen LogP contribution < -0.4 is 10.6 Å². The highest BCUT2D eigenvalue weighted by Gasteiger charge is 2.36. The first kappa shape index (κ1) is 16.7. The van der Waals surface area contributed by atoms with Crippen molar-refractivity contribution in [3.05, 3.63) is 0 Å². The molecule has 112 valence electrons. The fourth-order valence-corrected chi connectivity index (χ4v) is 4.38. The first-order valence-corrected chi connectivity index (χ1v) is 8.46. The Balaban J connectivity index is 0.00000180. The molecular weight excluding hydrogens is 288 g/mol. The van der Waals surface area contributed by atoms with Crippen LogP contribution in [0.5, 0.6) is 0 Å². The number of amides is 1. The third-order valence-electron chi connectivity index (χ3n) is 3.94. The quantitative estimate of drug-likeness (QED) is 0.778. The van der Waals surface area contributed by atoms with Crippen LogP contribution in [0.25, 0.3) is 0 Å². The number of carbonyl (C=O) groups excluding carboxylic acids is 1. The monoisotopic (exact) mass is 310 g/mol. The van der Waals surface area contributed by atoms with E-state index in [-0.39, 0.29) is 41.3 Å². The van der Waals surface area contributed by atoms with Crippen LogP contribution in [-0.2, 0) is 14.6 Å². The fraction of sp³-hybridized carbons (Fsp3) is 0.917. The first-order valence-electron chi connectivity index (χ1n) is 6.63. The van der Waals surface area contributed by atoms with Gasteiger partial charge in [-0.1, -0.05) is 0 Å². The molecule has 0 aromatic heterocycles. The van der Waals surface area contributed by atoms with Crippen LogP contribution in [0.3, 0.4) is 0 Å². The number of piperidine rings is 1. The van der Waals surface area contributed by atoms with E-state index in [0.29, 0.717) is 13.0 Å². The Morgan fingerprint density at radius 2 is 2.11 bits per heavy atom. The third kappa shape index (κ3) is 4.33. The number of sulfone groups is 1. The average molecular weight is 311 g/mol. The Labute approximate surface area is 121 Å². The van der Waals surface area contributed by atoms with Crippen LogP contribution in [0.15, 0.2) is 0 Å². The van der Waals surface area contributed by atoms with Crippen LogP contribution in [0.1, 0.15) is 32.6 Å². The molecule has 0 bridgehead atoms. The molecule has 2 fully saturated rings. The number of halogens is 1. The van der Waals surface area contributed by atoms with Crippen LogP contribution >= 0.6 is 12.4 Å². The zero-order valence-corrected chi connectivity index (χ0v) is 12.9. The second-order valence-electron chi connectivity index (χ2n) is 5.77. The van der Waals surface area contributed by atoms with E-state index in [0.717, 1.165) is 25.8 Å². The molecule has 2 rings (SSSR count). The van der Waals surface area contributed by atoms with Gasteiger partial charge in [0.15, 0.2) is 9.84 Å². The van der Waals surface area contributed by atoms with Gasteiger partial charge >= 0.3 is 0 Å². The highest BCUT2D eigenvalue weighted by molar-refractivity contribution is 7.91. The molecule has 0 aliphatic carbocycles. The Morgan fingerprint density at radius 3 is 2.68 bits per heavy atom. The van der Waals surface area contributed by atoms with Gasteiger partial charge in [0.05, 0.1) is 16.9 Å². The van der Waals surface area contributed by atoms with E-state index < -0.39 is 9.84 Å². The summed E-state index contributed by atoms with van der Waals surface area (Å²) >= 11 is 0. The van der Waals surface area contributed by atoms with Gasteiger partial charge in [-0.25, -0.2) is 8.42 Å². The second-order valence-corrected chi connectivity index (χ2v) is 8.00. The minimum Gasteiger partial charge on any atom is -0.352 e. The SMILES string of the molecule is CC1(C(=O)NC2CCCS(=O)(=O)C2)CCCNC1.Cl. The Kier molecular flexibility index (Phi) is 5.65. The van der Waals surface area contributed by atoms with Crippen molar-refractivity contribution in [1.29, 1.82) is 0 Å². The van der Waals surface area contributed by atoms with Crippen molar-refractivity contribution < 1.29 is 13.2 Å². The molecule has 0 radical (unpaired) electrons. The maximum Gasteiger partial charge on any atom is 0.227 e. The zero-order chi connectivity index (χ0) is 13.2. The standard InChI is InChI=1S/C12H22N2O3S.ClH/c1-12(5-3-6-13-9-12)11(15)14-10-4-2-7-18(16,17)8-10;/h10,13H,2-9H2,1H3,(H,14,15);1H. The lowest BCUT2D eigenvalue weighted by Crippen LogP contribution is -2.53. The van der Waals surface area contributed by atoms with Crippen LogP contribution in [0.4, 0.5) is 0 Å². The lowest BCUT2D eigenvalue weighted by molar-refractivity contribution is -0.131. The van der Waals surface area contributed by atoms with Gasteiger partial charge in [-0.05, 0) is 39.2 Å². The van der Waals surface area contributed by atoms with Crippen molar-refractivity contribution in [2.75, 3.05) is 24.6 Å². The molecule has 2 aliphatic heterocycles. The molecule has 0 saturated carbocycles. The summed E-state index contributed by atoms with van der Waals surface area (Å²) in [4.78, 5) is 12.3. The lowest BCUT2D eigenvalue weighted by atomic mass is 9.81. The van der Waals surface area contributed by atoms with Gasteiger partial charge in [-0.3, -0.25) is 4.79 Å². The van der Waals surface area contributed by atoms with Crippen molar-refractivity contribution in [1.82, 2.24) is 10.6 Å². The van der Waals surface area contributed by atoms with E-state index in [2.05, 4.69) is 10.6 Å². The largest absolute Gasteiger partial charge is 0.352 e. The highest BCUT2D eigenvalue weighted by atomic mass is 35.5. The summed E-state index contributed by atoms with van der Waals surface area (Å²) in [5.41, 5.74) is -0.389. The number of hydrogen-bond acceptors (Lipinski definition) is 4. The molecule has 2 saturated heterocycles. The molecule has 19 heavy (non-hydrogen) atoms. The molecule has 1 amide bonds. The molecule has 0 aromatic rings. The highest BCUT2D eigenvalue weighted by Crippen LogP contribution is 2.26. The molecule has 2 atom stereocenters. The summed E-state index contributed by atoms with van der Waals surface area (Å²) in [6.45, 7) is 3.59. The summed E-state index contributed by atoms with van der Waals surface area (Å²) in [5.74, 6) is 0.359. The van der Waals surface area contributed by atoms with E-state index >= 15 is 0 Å². The molecule has 0 spiro atoms. The summed E-state index contributed by atoms with van der Waals surface area (Å²) < 4.78 is 23.1. The molecule has 2 heterocycles. The third-order valence-corrected chi connectivity index (χ3v) is 5.76. The van der Waals surface area contributed by atoms with E-state index in [1.54, 1.807) is 0 Å². The smallest absolute Gasteiger partial charge is 0.227 e.